The maximum atomic E-state index is 12.7. The van der Waals surface area contributed by atoms with Gasteiger partial charge in [0.1, 0.15) is 0 Å². The molecule has 0 aromatic rings. The van der Waals surface area contributed by atoms with Gasteiger partial charge in [0.25, 0.3) is 0 Å². The van der Waals surface area contributed by atoms with E-state index in [4.69, 9.17) is 0 Å². The quantitative estimate of drug-likeness (QED) is 0.783. The summed E-state index contributed by atoms with van der Waals surface area (Å²) in [6.07, 6.45) is 6.09. The van der Waals surface area contributed by atoms with E-state index in [1.54, 1.807) is 0 Å². The predicted octanol–water partition coefficient (Wildman–Crippen LogP) is 2.44. The van der Waals surface area contributed by atoms with Crippen LogP contribution in [0.1, 0.15) is 59.8 Å². The maximum Gasteiger partial charge on any atom is 0.241 e. The van der Waals surface area contributed by atoms with E-state index in [9.17, 15) is 4.79 Å². The van der Waals surface area contributed by atoms with E-state index < -0.39 is 0 Å². The van der Waals surface area contributed by atoms with Crippen LogP contribution in [-0.4, -0.2) is 53.6 Å². The average molecular weight is 295 g/mol. The number of hydrogen-bond acceptors (Lipinski definition) is 3. The first kappa shape index (κ1) is 16.8. The third kappa shape index (κ3) is 3.98. The molecule has 21 heavy (non-hydrogen) atoms. The van der Waals surface area contributed by atoms with Crippen molar-refractivity contribution in [2.45, 2.75) is 78.0 Å². The zero-order valence-electron chi connectivity index (χ0n) is 14.3. The van der Waals surface area contributed by atoms with E-state index in [0.717, 1.165) is 25.8 Å². The van der Waals surface area contributed by atoms with E-state index >= 15 is 0 Å². The van der Waals surface area contributed by atoms with Crippen molar-refractivity contribution in [1.82, 2.24) is 15.1 Å². The molecule has 0 aromatic heterocycles. The zero-order valence-corrected chi connectivity index (χ0v) is 14.3. The molecule has 1 N–H and O–H groups in total. The van der Waals surface area contributed by atoms with Crippen molar-refractivity contribution in [1.29, 1.82) is 0 Å². The summed E-state index contributed by atoms with van der Waals surface area (Å²) in [5.74, 6) is 0.791. The SMILES string of the molecule is CCCCC1NC(C(C)C)N(CC(C)N2CCCC2)C1=O. The first-order valence-electron chi connectivity index (χ1n) is 8.85. The van der Waals surface area contributed by atoms with Crippen LogP contribution in [0.2, 0.25) is 0 Å². The van der Waals surface area contributed by atoms with Crippen LogP contribution in [0.25, 0.3) is 0 Å². The Morgan fingerprint density at radius 3 is 2.48 bits per heavy atom. The molecule has 122 valence electrons. The molecule has 0 saturated carbocycles. The largest absolute Gasteiger partial charge is 0.324 e. The van der Waals surface area contributed by atoms with Crippen LogP contribution in [0.3, 0.4) is 0 Å². The highest BCUT2D eigenvalue weighted by atomic mass is 16.2. The molecule has 0 aromatic carbocycles. The normalized spacial score (nSPS) is 28.8. The summed E-state index contributed by atoms with van der Waals surface area (Å²) < 4.78 is 0. The number of nitrogens with zero attached hydrogens (tertiary/aromatic N) is 2. The van der Waals surface area contributed by atoms with Crippen molar-refractivity contribution < 1.29 is 4.79 Å². The second kappa shape index (κ2) is 7.59. The van der Waals surface area contributed by atoms with Crippen LogP contribution < -0.4 is 5.32 Å². The molecule has 4 heteroatoms. The minimum absolute atomic E-state index is 0.0446. The molecule has 0 radical (unpaired) electrons. The topological polar surface area (TPSA) is 35.6 Å². The molecular weight excluding hydrogens is 262 g/mol. The van der Waals surface area contributed by atoms with E-state index in [-0.39, 0.29) is 12.2 Å². The molecule has 2 rings (SSSR count). The van der Waals surface area contributed by atoms with Gasteiger partial charge in [-0.05, 0) is 45.2 Å². The lowest BCUT2D eigenvalue weighted by molar-refractivity contribution is -0.131. The van der Waals surface area contributed by atoms with E-state index in [1.165, 1.54) is 25.9 Å². The number of unbranched alkanes of at least 4 members (excludes halogenated alkanes) is 1. The molecule has 2 aliphatic rings. The van der Waals surface area contributed by atoms with Crippen LogP contribution in [0.15, 0.2) is 0 Å². The van der Waals surface area contributed by atoms with Crippen molar-refractivity contribution >= 4 is 5.91 Å². The van der Waals surface area contributed by atoms with Gasteiger partial charge in [0.15, 0.2) is 0 Å². The fourth-order valence-electron chi connectivity index (χ4n) is 3.66. The third-order valence-electron chi connectivity index (χ3n) is 4.99. The summed E-state index contributed by atoms with van der Waals surface area (Å²) >= 11 is 0. The Balaban J connectivity index is 1.98. The van der Waals surface area contributed by atoms with E-state index in [0.29, 0.717) is 17.9 Å². The molecular formula is C17H33N3O. The monoisotopic (exact) mass is 295 g/mol. The fraction of sp³-hybridized carbons (Fsp3) is 0.941. The molecule has 2 saturated heterocycles. The minimum atomic E-state index is 0.0446. The van der Waals surface area contributed by atoms with Crippen LogP contribution in [0.5, 0.6) is 0 Å². The van der Waals surface area contributed by atoms with Crippen molar-refractivity contribution in [2.75, 3.05) is 19.6 Å². The Labute approximate surface area is 130 Å². The lowest BCUT2D eigenvalue weighted by Crippen LogP contribution is -2.48. The number of likely N-dealkylation sites (tertiary alicyclic amines) is 1. The number of carbonyl (C=O) groups excluding carboxylic acids is 1. The number of hydrogen-bond donors (Lipinski definition) is 1. The van der Waals surface area contributed by atoms with Gasteiger partial charge in [0, 0.05) is 12.6 Å². The molecule has 4 nitrogen and oxygen atoms in total. The second-order valence-corrected chi connectivity index (χ2v) is 7.13. The van der Waals surface area contributed by atoms with Crippen molar-refractivity contribution in [3.8, 4) is 0 Å². The van der Waals surface area contributed by atoms with Gasteiger partial charge in [-0.2, -0.15) is 0 Å². The summed E-state index contributed by atoms with van der Waals surface area (Å²) in [6, 6.07) is 0.521. The van der Waals surface area contributed by atoms with Gasteiger partial charge in [-0.25, -0.2) is 0 Å². The Morgan fingerprint density at radius 2 is 1.90 bits per heavy atom. The standard InChI is InChI=1S/C17H33N3O/c1-5-6-9-15-17(21)20(16(18-15)13(2)3)12-14(4)19-10-7-8-11-19/h13-16,18H,5-12H2,1-4H3. The molecule has 0 aliphatic carbocycles. The minimum Gasteiger partial charge on any atom is -0.324 e. The molecule has 2 fully saturated rings. The first-order valence-corrected chi connectivity index (χ1v) is 8.85. The van der Waals surface area contributed by atoms with Gasteiger partial charge in [-0.15, -0.1) is 0 Å². The summed E-state index contributed by atoms with van der Waals surface area (Å²) in [7, 11) is 0. The maximum absolute atomic E-state index is 12.7. The van der Waals surface area contributed by atoms with E-state index in [1.807, 2.05) is 0 Å². The molecule has 2 aliphatic heterocycles. The van der Waals surface area contributed by atoms with E-state index in [2.05, 4.69) is 42.8 Å². The van der Waals surface area contributed by atoms with Crippen molar-refractivity contribution in [3.05, 3.63) is 0 Å². The highest BCUT2D eigenvalue weighted by Crippen LogP contribution is 2.22. The highest BCUT2D eigenvalue weighted by Gasteiger charge is 2.40. The molecule has 0 bridgehead atoms. The van der Waals surface area contributed by atoms with Crippen LogP contribution in [-0.2, 0) is 4.79 Å². The summed E-state index contributed by atoms with van der Waals surface area (Å²) in [4.78, 5) is 17.4. The third-order valence-corrected chi connectivity index (χ3v) is 4.99. The van der Waals surface area contributed by atoms with Gasteiger partial charge < -0.3 is 4.90 Å². The van der Waals surface area contributed by atoms with Crippen molar-refractivity contribution in [3.63, 3.8) is 0 Å². The summed E-state index contributed by atoms with van der Waals surface area (Å²) in [5, 5.41) is 3.58. The number of rotatable bonds is 7. The lowest BCUT2D eigenvalue weighted by atomic mass is 10.1. The van der Waals surface area contributed by atoms with Gasteiger partial charge >= 0.3 is 0 Å². The van der Waals surface area contributed by atoms with Crippen molar-refractivity contribution in [2.24, 2.45) is 5.92 Å². The Kier molecular flexibility index (Phi) is 6.06. The Morgan fingerprint density at radius 1 is 1.24 bits per heavy atom. The van der Waals surface area contributed by atoms with Crippen LogP contribution >= 0.6 is 0 Å². The average Bonchev–Trinajstić information content (AvgIpc) is 3.07. The molecule has 1 amide bonds. The summed E-state index contributed by atoms with van der Waals surface area (Å²) in [5.41, 5.74) is 0. The van der Waals surface area contributed by atoms with Crippen LogP contribution in [0.4, 0.5) is 0 Å². The number of carbonyl (C=O) groups is 1. The molecule has 3 unspecified atom stereocenters. The Bertz CT molecular complexity index is 339. The highest BCUT2D eigenvalue weighted by molar-refractivity contribution is 5.84. The Hall–Kier alpha value is -0.610. The molecule has 0 spiro atoms. The van der Waals surface area contributed by atoms with Gasteiger partial charge in [-0.1, -0.05) is 33.6 Å². The smallest absolute Gasteiger partial charge is 0.241 e. The first-order chi connectivity index (χ1) is 10.0. The number of nitrogens with one attached hydrogen (secondary N) is 1. The fourth-order valence-corrected chi connectivity index (χ4v) is 3.66. The van der Waals surface area contributed by atoms with Gasteiger partial charge in [-0.3, -0.25) is 15.0 Å². The number of amides is 1. The second-order valence-electron chi connectivity index (χ2n) is 7.13. The van der Waals surface area contributed by atoms with Crippen LogP contribution in [0, 0.1) is 5.92 Å². The molecule has 2 heterocycles. The lowest BCUT2D eigenvalue weighted by Gasteiger charge is -2.33. The van der Waals surface area contributed by atoms with Gasteiger partial charge in [0.05, 0.1) is 12.2 Å². The zero-order chi connectivity index (χ0) is 15.4. The predicted molar refractivity (Wildman–Crippen MR) is 87.1 cm³/mol. The van der Waals surface area contributed by atoms with Gasteiger partial charge in [0.2, 0.25) is 5.91 Å². The summed E-state index contributed by atoms with van der Waals surface area (Å²) in [6.45, 7) is 12.1. The molecule has 3 atom stereocenters.